The minimum Gasteiger partial charge on any atom is -0.465 e. The summed E-state index contributed by atoms with van der Waals surface area (Å²) in [6, 6.07) is 13.6. The molecule has 2 N–H and O–H groups in total. The molecule has 27 heavy (non-hydrogen) atoms. The highest BCUT2D eigenvalue weighted by atomic mass is 35.5. The summed E-state index contributed by atoms with van der Waals surface area (Å²) in [4.78, 5) is 11.5. The number of ether oxygens (including phenoxy) is 1. The molecule has 0 radical (unpaired) electrons. The molecule has 0 amide bonds. The van der Waals surface area contributed by atoms with E-state index >= 15 is 0 Å². The van der Waals surface area contributed by atoms with Gasteiger partial charge in [0.25, 0.3) is 0 Å². The predicted octanol–water partition coefficient (Wildman–Crippen LogP) is 2.74. The van der Waals surface area contributed by atoms with Crippen molar-refractivity contribution in [3.8, 4) is 0 Å². The molecule has 0 unspecified atom stereocenters. The van der Waals surface area contributed by atoms with Gasteiger partial charge in [-0.1, -0.05) is 41.9 Å². The van der Waals surface area contributed by atoms with E-state index in [9.17, 15) is 13.2 Å². The van der Waals surface area contributed by atoms with Crippen LogP contribution in [-0.2, 0) is 21.2 Å². The van der Waals surface area contributed by atoms with Gasteiger partial charge >= 0.3 is 5.97 Å². The average molecular weight is 433 g/mol. The number of carbonyl (C=O) groups excluding carboxylic acids is 1. The maximum Gasteiger partial charge on any atom is 0.337 e. The third-order valence-corrected chi connectivity index (χ3v) is 6.22. The number of sulfonamides is 1. The molecule has 0 bridgehead atoms. The predicted molar refractivity (Wildman–Crippen MR) is 108 cm³/mol. The first-order chi connectivity index (χ1) is 12.4. The maximum atomic E-state index is 13.0. The summed E-state index contributed by atoms with van der Waals surface area (Å²) in [6.45, 7) is 0.634. The van der Waals surface area contributed by atoms with Crippen LogP contribution in [0.2, 0.25) is 5.02 Å². The summed E-state index contributed by atoms with van der Waals surface area (Å²) >= 11 is 6.13. The van der Waals surface area contributed by atoms with E-state index < -0.39 is 16.0 Å². The van der Waals surface area contributed by atoms with Gasteiger partial charge in [-0.25, -0.2) is 13.2 Å². The second-order valence-electron chi connectivity index (χ2n) is 5.57. The van der Waals surface area contributed by atoms with Gasteiger partial charge in [0.15, 0.2) is 0 Å². The number of hydrogen-bond acceptors (Lipinski definition) is 5. The van der Waals surface area contributed by atoms with Crippen LogP contribution in [0.4, 0.5) is 0 Å². The highest BCUT2D eigenvalue weighted by molar-refractivity contribution is 7.89. The van der Waals surface area contributed by atoms with Crippen molar-refractivity contribution in [3.05, 3.63) is 64.7 Å². The van der Waals surface area contributed by atoms with E-state index in [1.54, 1.807) is 0 Å². The summed E-state index contributed by atoms with van der Waals surface area (Å²) < 4.78 is 31.9. The molecule has 2 aromatic carbocycles. The highest BCUT2D eigenvalue weighted by Crippen LogP contribution is 2.26. The van der Waals surface area contributed by atoms with Crippen LogP contribution in [0.1, 0.15) is 15.9 Å². The van der Waals surface area contributed by atoms with E-state index in [0.717, 1.165) is 5.56 Å². The van der Waals surface area contributed by atoms with Crippen molar-refractivity contribution in [2.75, 3.05) is 26.7 Å². The Morgan fingerprint density at radius 1 is 1.15 bits per heavy atom. The largest absolute Gasteiger partial charge is 0.465 e. The van der Waals surface area contributed by atoms with E-state index in [1.807, 2.05) is 30.3 Å². The Morgan fingerprint density at radius 3 is 2.37 bits per heavy atom. The van der Waals surface area contributed by atoms with Crippen LogP contribution in [0.15, 0.2) is 53.4 Å². The van der Waals surface area contributed by atoms with Crippen LogP contribution in [-0.4, -0.2) is 45.4 Å². The Balaban J connectivity index is 0.00000364. The molecule has 0 aliphatic rings. The zero-order chi connectivity index (χ0) is 19.2. The number of hydrogen-bond donors (Lipinski definition) is 1. The minimum atomic E-state index is -3.84. The van der Waals surface area contributed by atoms with E-state index in [-0.39, 0.29) is 47.5 Å². The first kappa shape index (κ1) is 23.4. The molecule has 0 heterocycles. The Morgan fingerprint density at radius 2 is 1.81 bits per heavy atom. The fourth-order valence-corrected chi connectivity index (χ4v) is 4.46. The second-order valence-corrected chi connectivity index (χ2v) is 7.88. The number of carbonyl (C=O) groups is 1. The van der Waals surface area contributed by atoms with Crippen molar-refractivity contribution >= 4 is 40.0 Å². The molecule has 0 saturated heterocycles. The minimum absolute atomic E-state index is 0. The van der Waals surface area contributed by atoms with Crippen molar-refractivity contribution in [3.63, 3.8) is 0 Å². The van der Waals surface area contributed by atoms with Crippen molar-refractivity contribution < 1.29 is 17.9 Å². The molecule has 9 heteroatoms. The van der Waals surface area contributed by atoms with Crippen LogP contribution in [0, 0.1) is 0 Å². The van der Waals surface area contributed by atoms with Crippen LogP contribution < -0.4 is 5.73 Å². The van der Waals surface area contributed by atoms with Crippen LogP contribution >= 0.6 is 24.0 Å². The average Bonchev–Trinajstić information content (AvgIpc) is 2.64. The van der Waals surface area contributed by atoms with E-state index in [0.29, 0.717) is 6.42 Å². The topological polar surface area (TPSA) is 89.7 Å². The zero-order valence-electron chi connectivity index (χ0n) is 14.8. The molecule has 0 saturated carbocycles. The van der Waals surface area contributed by atoms with Gasteiger partial charge in [0, 0.05) is 19.6 Å². The van der Waals surface area contributed by atoms with Crippen molar-refractivity contribution in [2.45, 2.75) is 11.3 Å². The van der Waals surface area contributed by atoms with E-state index in [2.05, 4.69) is 4.74 Å². The van der Waals surface area contributed by atoms with Gasteiger partial charge in [0.05, 0.1) is 17.7 Å². The van der Waals surface area contributed by atoms with Gasteiger partial charge in [0.1, 0.15) is 4.90 Å². The summed E-state index contributed by atoms with van der Waals surface area (Å²) in [6.07, 6.45) is 0.554. The molecular weight excluding hydrogens is 411 g/mol. The molecule has 0 aromatic heterocycles. The number of methoxy groups -OCH3 is 1. The number of nitrogens with zero attached hydrogens (tertiary/aromatic N) is 1. The maximum absolute atomic E-state index is 13.0. The van der Waals surface area contributed by atoms with Crippen molar-refractivity contribution in [1.29, 1.82) is 0 Å². The number of nitrogens with two attached hydrogens (primary N) is 1. The third kappa shape index (κ3) is 5.92. The van der Waals surface area contributed by atoms with Gasteiger partial charge < -0.3 is 10.5 Å². The number of rotatable bonds is 8. The molecule has 2 aromatic rings. The molecule has 0 spiro atoms. The summed E-state index contributed by atoms with van der Waals surface area (Å²) in [5, 5.41) is -0.0327. The third-order valence-electron chi connectivity index (χ3n) is 3.84. The zero-order valence-corrected chi connectivity index (χ0v) is 17.2. The number of halogens is 2. The van der Waals surface area contributed by atoms with Crippen LogP contribution in [0.5, 0.6) is 0 Å². The van der Waals surface area contributed by atoms with Gasteiger partial charge in [-0.2, -0.15) is 4.31 Å². The fourth-order valence-electron chi connectivity index (χ4n) is 2.49. The Labute approximate surface area is 170 Å². The van der Waals surface area contributed by atoms with Crippen molar-refractivity contribution in [1.82, 2.24) is 4.31 Å². The molecule has 6 nitrogen and oxygen atoms in total. The van der Waals surface area contributed by atoms with E-state index in [1.165, 1.54) is 29.6 Å². The highest BCUT2D eigenvalue weighted by Gasteiger charge is 2.26. The monoisotopic (exact) mass is 432 g/mol. The van der Waals surface area contributed by atoms with Crippen molar-refractivity contribution in [2.24, 2.45) is 5.73 Å². The lowest BCUT2D eigenvalue weighted by molar-refractivity contribution is 0.0600. The molecule has 0 aliphatic heterocycles. The summed E-state index contributed by atoms with van der Waals surface area (Å²) in [5.41, 5.74) is 6.80. The van der Waals surface area contributed by atoms with E-state index in [4.69, 9.17) is 17.3 Å². The summed E-state index contributed by atoms with van der Waals surface area (Å²) in [5.74, 6) is -0.585. The normalized spacial score (nSPS) is 11.1. The van der Waals surface area contributed by atoms with Gasteiger partial charge in [-0.3, -0.25) is 0 Å². The first-order valence-corrected chi connectivity index (χ1v) is 9.84. The summed E-state index contributed by atoms with van der Waals surface area (Å²) in [7, 11) is -2.60. The number of esters is 1. The lowest BCUT2D eigenvalue weighted by atomic mass is 10.1. The Kier molecular flexibility index (Phi) is 9.21. The fraction of sp³-hybridized carbons (Fsp3) is 0.278. The SMILES string of the molecule is COC(=O)c1ccc(S(=O)(=O)N(CCN)CCc2ccccc2)c(Cl)c1.Cl. The number of benzene rings is 2. The molecule has 0 aliphatic carbocycles. The van der Waals surface area contributed by atoms with Crippen LogP contribution in [0.25, 0.3) is 0 Å². The Bertz CT molecular complexity index is 861. The molecule has 148 valence electrons. The smallest absolute Gasteiger partial charge is 0.337 e. The van der Waals surface area contributed by atoms with Gasteiger partial charge in [-0.15, -0.1) is 12.4 Å². The lowest BCUT2D eigenvalue weighted by Gasteiger charge is -2.22. The first-order valence-electron chi connectivity index (χ1n) is 8.02. The molecule has 0 atom stereocenters. The van der Waals surface area contributed by atoms with Gasteiger partial charge in [-0.05, 0) is 30.2 Å². The standard InChI is InChI=1S/C18H21ClN2O4S.ClH/c1-25-18(22)15-7-8-17(16(19)13-15)26(23,24)21(12-10-20)11-9-14-5-3-2-4-6-14;/h2-8,13H,9-12,20H2,1H3;1H. The van der Waals surface area contributed by atoms with Crippen LogP contribution in [0.3, 0.4) is 0 Å². The second kappa shape index (κ2) is 10.6. The molecule has 0 fully saturated rings. The molecular formula is C18H22Cl2N2O4S. The lowest BCUT2D eigenvalue weighted by Crippen LogP contribution is -2.37. The van der Waals surface area contributed by atoms with Gasteiger partial charge in [0.2, 0.25) is 10.0 Å². The quantitative estimate of drug-likeness (QED) is 0.647. The molecule has 2 rings (SSSR count). The Hall–Kier alpha value is -1.64.